The minimum absolute atomic E-state index is 0.00713. The fourth-order valence-corrected chi connectivity index (χ4v) is 2.42. The number of nitrogens with one attached hydrogen (secondary N) is 1. The molecule has 3 N–H and O–H groups in total. The second-order valence-corrected chi connectivity index (χ2v) is 5.96. The van der Waals surface area contributed by atoms with E-state index in [-0.39, 0.29) is 23.1 Å². The van der Waals surface area contributed by atoms with E-state index in [2.05, 4.69) is 15.3 Å². The van der Waals surface area contributed by atoms with Gasteiger partial charge in [0, 0.05) is 0 Å². The van der Waals surface area contributed by atoms with E-state index in [9.17, 15) is 13.2 Å². The summed E-state index contributed by atoms with van der Waals surface area (Å²) in [6, 6.07) is 10.5. The SMILES string of the molecule is Cc1ccc(Oc2ncnc(Nc3ccccc3C(F)(F)F)c2N)cc1C. The lowest BCUT2D eigenvalue weighted by Gasteiger charge is -2.16. The third kappa shape index (κ3) is 4.11. The molecular weight excluding hydrogens is 357 g/mol. The summed E-state index contributed by atoms with van der Waals surface area (Å²) in [6.45, 7) is 3.91. The monoisotopic (exact) mass is 374 g/mol. The van der Waals surface area contributed by atoms with Crippen LogP contribution in [-0.4, -0.2) is 9.97 Å². The van der Waals surface area contributed by atoms with Crippen LogP contribution >= 0.6 is 0 Å². The number of anilines is 3. The fourth-order valence-electron chi connectivity index (χ4n) is 2.42. The summed E-state index contributed by atoms with van der Waals surface area (Å²) < 4.78 is 45.2. The molecule has 2 aromatic carbocycles. The average molecular weight is 374 g/mol. The molecule has 0 bridgehead atoms. The van der Waals surface area contributed by atoms with Gasteiger partial charge in [0.2, 0.25) is 5.88 Å². The van der Waals surface area contributed by atoms with Crippen molar-refractivity contribution in [2.24, 2.45) is 0 Å². The van der Waals surface area contributed by atoms with Gasteiger partial charge in [-0.1, -0.05) is 18.2 Å². The van der Waals surface area contributed by atoms with Crippen LogP contribution in [0.1, 0.15) is 16.7 Å². The molecule has 27 heavy (non-hydrogen) atoms. The summed E-state index contributed by atoms with van der Waals surface area (Å²) in [4.78, 5) is 7.91. The number of hydrogen-bond acceptors (Lipinski definition) is 5. The van der Waals surface area contributed by atoms with Gasteiger partial charge in [-0.05, 0) is 49.2 Å². The van der Waals surface area contributed by atoms with Crippen LogP contribution in [0.15, 0.2) is 48.8 Å². The van der Waals surface area contributed by atoms with E-state index in [1.54, 1.807) is 6.07 Å². The molecule has 0 radical (unpaired) electrons. The highest BCUT2D eigenvalue weighted by Crippen LogP contribution is 2.37. The highest BCUT2D eigenvalue weighted by Gasteiger charge is 2.33. The number of aryl methyl sites for hydroxylation is 2. The van der Waals surface area contributed by atoms with Crippen molar-refractivity contribution in [2.75, 3.05) is 11.1 Å². The maximum absolute atomic E-state index is 13.2. The van der Waals surface area contributed by atoms with Crippen LogP contribution in [0.4, 0.5) is 30.4 Å². The van der Waals surface area contributed by atoms with Crippen LogP contribution in [0.3, 0.4) is 0 Å². The molecule has 0 unspecified atom stereocenters. The Kier molecular flexibility index (Phi) is 4.89. The van der Waals surface area contributed by atoms with Gasteiger partial charge >= 0.3 is 6.18 Å². The van der Waals surface area contributed by atoms with Crippen molar-refractivity contribution >= 4 is 17.2 Å². The molecule has 0 spiro atoms. The summed E-state index contributed by atoms with van der Waals surface area (Å²) in [5, 5.41) is 2.62. The van der Waals surface area contributed by atoms with Gasteiger partial charge in [-0.2, -0.15) is 18.2 Å². The fraction of sp³-hybridized carbons (Fsp3) is 0.158. The van der Waals surface area contributed by atoms with E-state index in [0.29, 0.717) is 5.75 Å². The first-order valence-corrected chi connectivity index (χ1v) is 8.04. The zero-order valence-corrected chi connectivity index (χ0v) is 14.6. The summed E-state index contributed by atoms with van der Waals surface area (Å²) in [5.41, 5.74) is 7.17. The van der Waals surface area contributed by atoms with Crippen LogP contribution in [0, 0.1) is 13.8 Å². The lowest BCUT2D eigenvalue weighted by atomic mass is 10.1. The molecule has 1 aromatic heterocycles. The average Bonchev–Trinajstić information content (AvgIpc) is 2.61. The number of para-hydroxylation sites is 1. The number of benzene rings is 2. The highest BCUT2D eigenvalue weighted by atomic mass is 19.4. The van der Waals surface area contributed by atoms with Crippen LogP contribution in [0.25, 0.3) is 0 Å². The van der Waals surface area contributed by atoms with Crippen molar-refractivity contribution in [3.05, 3.63) is 65.5 Å². The molecule has 0 aliphatic carbocycles. The van der Waals surface area contributed by atoms with Crippen LogP contribution in [-0.2, 0) is 6.18 Å². The topological polar surface area (TPSA) is 73.1 Å². The standard InChI is InChI=1S/C19H17F3N4O/c1-11-7-8-13(9-12(11)2)27-18-16(23)17(24-10-25-18)26-15-6-4-3-5-14(15)19(20,21)22/h3-10H,23H2,1-2H3,(H,24,25,26). The molecule has 0 saturated heterocycles. The lowest BCUT2D eigenvalue weighted by molar-refractivity contribution is -0.136. The van der Waals surface area contributed by atoms with E-state index in [1.807, 2.05) is 26.0 Å². The van der Waals surface area contributed by atoms with E-state index in [4.69, 9.17) is 10.5 Å². The Morgan fingerprint density at radius 3 is 2.44 bits per heavy atom. The van der Waals surface area contributed by atoms with Gasteiger partial charge in [0.25, 0.3) is 0 Å². The van der Waals surface area contributed by atoms with E-state index < -0.39 is 11.7 Å². The van der Waals surface area contributed by atoms with Gasteiger partial charge in [-0.15, -0.1) is 0 Å². The number of nitrogens with zero attached hydrogens (tertiary/aromatic N) is 2. The molecule has 8 heteroatoms. The quantitative estimate of drug-likeness (QED) is 0.654. The molecule has 3 rings (SSSR count). The van der Waals surface area contributed by atoms with Gasteiger partial charge in [0.15, 0.2) is 5.82 Å². The zero-order valence-electron chi connectivity index (χ0n) is 14.6. The van der Waals surface area contributed by atoms with Gasteiger partial charge in [0.05, 0.1) is 11.3 Å². The predicted molar refractivity (Wildman–Crippen MR) is 97.2 cm³/mol. The molecule has 140 valence electrons. The number of halogens is 3. The number of rotatable bonds is 4. The Morgan fingerprint density at radius 1 is 1.00 bits per heavy atom. The first-order valence-electron chi connectivity index (χ1n) is 8.04. The smallest absolute Gasteiger partial charge is 0.418 e. The minimum atomic E-state index is -4.51. The summed E-state index contributed by atoms with van der Waals surface area (Å²) in [5.74, 6) is 0.603. The third-order valence-electron chi connectivity index (χ3n) is 4.03. The first-order chi connectivity index (χ1) is 12.8. The molecular formula is C19H17F3N4O. The Hall–Kier alpha value is -3.29. The van der Waals surface area contributed by atoms with Crippen LogP contribution in [0.2, 0.25) is 0 Å². The van der Waals surface area contributed by atoms with Crippen LogP contribution < -0.4 is 15.8 Å². The Labute approximate surface area is 154 Å². The largest absolute Gasteiger partial charge is 0.437 e. The van der Waals surface area contributed by atoms with Crippen molar-refractivity contribution < 1.29 is 17.9 Å². The van der Waals surface area contributed by atoms with E-state index >= 15 is 0 Å². The Bertz CT molecular complexity index is 973. The number of ether oxygens (including phenoxy) is 1. The van der Waals surface area contributed by atoms with Gasteiger partial charge in [0.1, 0.15) is 17.8 Å². The molecule has 0 atom stereocenters. The summed E-state index contributed by atoms with van der Waals surface area (Å²) in [7, 11) is 0. The third-order valence-corrected chi connectivity index (χ3v) is 4.03. The molecule has 0 aliphatic rings. The Morgan fingerprint density at radius 2 is 1.74 bits per heavy atom. The van der Waals surface area contributed by atoms with E-state index in [0.717, 1.165) is 17.2 Å². The van der Waals surface area contributed by atoms with Crippen molar-refractivity contribution in [3.8, 4) is 11.6 Å². The number of nitrogen functional groups attached to an aromatic ring is 1. The first kappa shape index (κ1) is 18.5. The number of aromatic nitrogens is 2. The number of alkyl halides is 3. The summed E-state index contributed by atoms with van der Waals surface area (Å²) >= 11 is 0. The second-order valence-electron chi connectivity index (χ2n) is 5.96. The van der Waals surface area contributed by atoms with Crippen LogP contribution in [0.5, 0.6) is 11.6 Å². The minimum Gasteiger partial charge on any atom is -0.437 e. The number of nitrogens with two attached hydrogens (primary N) is 1. The molecule has 0 aliphatic heterocycles. The maximum Gasteiger partial charge on any atom is 0.418 e. The second kappa shape index (κ2) is 7.14. The van der Waals surface area contributed by atoms with Crippen molar-refractivity contribution in [3.63, 3.8) is 0 Å². The normalized spacial score (nSPS) is 11.3. The Balaban J connectivity index is 1.91. The van der Waals surface area contributed by atoms with Crippen molar-refractivity contribution in [1.82, 2.24) is 9.97 Å². The number of hydrogen-bond donors (Lipinski definition) is 2. The molecule has 0 saturated carbocycles. The maximum atomic E-state index is 13.2. The van der Waals surface area contributed by atoms with Gasteiger partial charge in [-0.3, -0.25) is 0 Å². The molecule has 0 amide bonds. The van der Waals surface area contributed by atoms with Gasteiger partial charge < -0.3 is 15.8 Å². The molecule has 0 fully saturated rings. The highest BCUT2D eigenvalue weighted by molar-refractivity contribution is 5.74. The molecule has 3 aromatic rings. The zero-order chi connectivity index (χ0) is 19.6. The van der Waals surface area contributed by atoms with Crippen molar-refractivity contribution in [2.45, 2.75) is 20.0 Å². The summed E-state index contributed by atoms with van der Waals surface area (Å²) in [6.07, 6.45) is -3.34. The molecule has 5 nitrogen and oxygen atoms in total. The van der Waals surface area contributed by atoms with Gasteiger partial charge in [-0.25, -0.2) is 4.98 Å². The van der Waals surface area contributed by atoms with E-state index in [1.165, 1.54) is 24.5 Å². The lowest BCUT2D eigenvalue weighted by Crippen LogP contribution is -2.10. The van der Waals surface area contributed by atoms with Crippen molar-refractivity contribution in [1.29, 1.82) is 0 Å². The predicted octanol–water partition coefficient (Wildman–Crippen LogP) is 5.23. The molecule has 1 heterocycles.